The SMILES string of the molecule is CCC(CC)N1C(=O)CC(NCC2CCCCC2)C1=O. The molecule has 4 heteroatoms. The van der Waals surface area contributed by atoms with E-state index < -0.39 is 0 Å². The summed E-state index contributed by atoms with van der Waals surface area (Å²) in [5, 5.41) is 3.35. The van der Waals surface area contributed by atoms with Crippen LogP contribution in [0.15, 0.2) is 0 Å². The first-order valence-corrected chi connectivity index (χ1v) is 8.26. The van der Waals surface area contributed by atoms with Gasteiger partial charge in [0, 0.05) is 6.04 Å². The molecular weight excluding hydrogens is 252 g/mol. The second-order valence-electron chi connectivity index (χ2n) is 6.24. The van der Waals surface area contributed by atoms with Crippen molar-refractivity contribution in [1.29, 1.82) is 0 Å². The monoisotopic (exact) mass is 280 g/mol. The summed E-state index contributed by atoms with van der Waals surface area (Å²) < 4.78 is 0. The minimum Gasteiger partial charge on any atom is -0.305 e. The average molecular weight is 280 g/mol. The van der Waals surface area contributed by atoms with Crippen molar-refractivity contribution in [3.05, 3.63) is 0 Å². The van der Waals surface area contributed by atoms with Crippen molar-refractivity contribution in [2.75, 3.05) is 6.54 Å². The van der Waals surface area contributed by atoms with Gasteiger partial charge in [0.1, 0.15) is 0 Å². The molecule has 1 saturated heterocycles. The number of nitrogens with one attached hydrogen (secondary N) is 1. The molecule has 1 aliphatic heterocycles. The van der Waals surface area contributed by atoms with Gasteiger partial charge >= 0.3 is 0 Å². The largest absolute Gasteiger partial charge is 0.305 e. The summed E-state index contributed by atoms with van der Waals surface area (Å²) in [6.45, 7) is 4.97. The summed E-state index contributed by atoms with van der Waals surface area (Å²) in [5.74, 6) is 0.693. The normalized spacial score (nSPS) is 24.9. The molecule has 1 unspecified atom stereocenters. The lowest BCUT2D eigenvalue weighted by molar-refractivity contribution is -0.141. The van der Waals surface area contributed by atoms with E-state index in [0.717, 1.165) is 19.4 Å². The summed E-state index contributed by atoms with van der Waals surface area (Å²) in [7, 11) is 0. The maximum atomic E-state index is 12.4. The van der Waals surface area contributed by atoms with Crippen molar-refractivity contribution in [2.45, 2.75) is 77.3 Å². The molecule has 0 spiro atoms. The van der Waals surface area contributed by atoms with Gasteiger partial charge in [0.25, 0.3) is 0 Å². The van der Waals surface area contributed by atoms with E-state index in [1.165, 1.54) is 37.0 Å². The van der Waals surface area contributed by atoms with Crippen molar-refractivity contribution in [3.8, 4) is 0 Å². The highest BCUT2D eigenvalue weighted by molar-refractivity contribution is 6.05. The van der Waals surface area contributed by atoms with E-state index in [2.05, 4.69) is 5.32 Å². The van der Waals surface area contributed by atoms with Crippen LogP contribution < -0.4 is 5.32 Å². The van der Waals surface area contributed by atoms with Crippen LogP contribution in [0.25, 0.3) is 0 Å². The highest BCUT2D eigenvalue weighted by atomic mass is 16.2. The van der Waals surface area contributed by atoms with Crippen LogP contribution in [0.3, 0.4) is 0 Å². The molecule has 20 heavy (non-hydrogen) atoms. The fourth-order valence-corrected chi connectivity index (χ4v) is 3.55. The molecule has 1 heterocycles. The maximum absolute atomic E-state index is 12.4. The van der Waals surface area contributed by atoms with Crippen molar-refractivity contribution in [3.63, 3.8) is 0 Å². The predicted octanol–water partition coefficient (Wildman–Crippen LogP) is 2.47. The van der Waals surface area contributed by atoms with Crippen LogP contribution in [-0.4, -0.2) is 35.3 Å². The minimum atomic E-state index is -0.273. The van der Waals surface area contributed by atoms with Crippen LogP contribution in [0, 0.1) is 5.92 Å². The van der Waals surface area contributed by atoms with Crippen LogP contribution in [0.1, 0.15) is 65.2 Å². The van der Waals surface area contributed by atoms with Gasteiger partial charge in [-0.1, -0.05) is 33.1 Å². The Bertz CT molecular complexity index is 346. The number of likely N-dealkylation sites (tertiary alicyclic amines) is 1. The molecule has 0 aromatic heterocycles. The van der Waals surface area contributed by atoms with Gasteiger partial charge in [-0.3, -0.25) is 14.5 Å². The highest BCUT2D eigenvalue weighted by Crippen LogP contribution is 2.24. The van der Waals surface area contributed by atoms with Crippen molar-refractivity contribution in [2.24, 2.45) is 5.92 Å². The summed E-state index contributed by atoms with van der Waals surface area (Å²) >= 11 is 0. The number of amides is 2. The Kier molecular flexibility index (Phi) is 5.58. The van der Waals surface area contributed by atoms with E-state index in [9.17, 15) is 9.59 Å². The van der Waals surface area contributed by atoms with Crippen LogP contribution >= 0.6 is 0 Å². The molecule has 2 aliphatic rings. The molecule has 114 valence electrons. The lowest BCUT2D eigenvalue weighted by atomic mass is 9.89. The second-order valence-corrected chi connectivity index (χ2v) is 6.24. The topological polar surface area (TPSA) is 49.4 Å². The molecule has 1 saturated carbocycles. The third-order valence-electron chi connectivity index (χ3n) is 4.87. The fourth-order valence-electron chi connectivity index (χ4n) is 3.55. The molecular formula is C16H28N2O2. The van der Waals surface area contributed by atoms with Gasteiger partial charge < -0.3 is 5.32 Å². The maximum Gasteiger partial charge on any atom is 0.247 e. The Morgan fingerprint density at radius 2 is 1.80 bits per heavy atom. The average Bonchev–Trinajstić information content (AvgIpc) is 2.75. The van der Waals surface area contributed by atoms with Crippen LogP contribution in [0.4, 0.5) is 0 Å². The molecule has 2 amide bonds. The molecule has 2 fully saturated rings. The standard InChI is InChI=1S/C16H28N2O2/c1-3-13(4-2)18-15(19)10-14(16(18)20)17-11-12-8-6-5-7-9-12/h12-14,17H,3-11H2,1-2H3. The summed E-state index contributed by atoms with van der Waals surface area (Å²) in [6.07, 6.45) is 8.54. The zero-order valence-corrected chi connectivity index (χ0v) is 12.9. The van der Waals surface area contributed by atoms with Gasteiger partial charge in [0.15, 0.2) is 0 Å². The van der Waals surface area contributed by atoms with E-state index in [4.69, 9.17) is 0 Å². The number of hydrogen-bond acceptors (Lipinski definition) is 3. The van der Waals surface area contributed by atoms with E-state index in [0.29, 0.717) is 12.3 Å². The van der Waals surface area contributed by atoms with Gasteiger partial charge in [-0.2, -0.15) is 0 Å². The number of hydrogen-bond donors (Lipinski definition) is 1. The number of imide groups is 1. The zero-order valence-electron chi connectivity index (χ0n) is 12.9. The molecule has 4 nitrogen and oxygen atoms in total. The zero-order chi connectivity index (χ0) is 14.5. The van der Waals surface area contributed by atoms with Crippen molar-refractivity contribution >= 4 is 11.8 Å². The molecule has 0 bridgehead atoms. The number of nitrogens with zero attached hydrogens (tertiary/aromatic N) is 1. The molecule has 0 aromatic carbocycles. The van der Waals surface area contributed by atoms with Gasteiger partial charge in [0.2, 0.25) is 11.8 Å². The number of carbonyl (C=O) groups excluding carboxylic acids is 2. The molecule has 0 radical (unpaired) electrons. The van der Waals surface area contributed by atoms with Crippen LogP contribution in [0.5, 0.6) is 0 Å². The predicted molar refractivity (Wildman–Crippen MR) is 79.2 cm³/mol. The quantitative estimate of drug-likeness (QED) is 0.760. The Hall–Kier alpha value is -0.900. The number of carbonyl (C=O) groups is 2. The second kappa shape index (κ2) is 7.21. The smallest absolute Gasteiger partial charge is 0.247 e. The van der Waals surface area contributed by atoms with Gasteiger partial charge in [-0.15, -0.1) is 0 Å². The lowest BCUT2D eigenvalue weighted by Crippen LogP contribution is -2.44. The summed E-state index contributed by atoms with van der Waals surface area (Å²) in [5.41, 5.74) is 0. The molecule has 1 aliphatic carbocycles. The van der Waals surface area contributed by atoms with Crippen LogP contribution in [0.2, 0.25) is 0 Å². The number of rotatable bonds is 6. The van der Waals surface area contributed by atoms with Crippen molar-refractivity contribution in [1.82, 2.24) is 10.2 Å². The fraction of sp³-hybridized carbons (Fsp3) is 0.875. The summed E-state index contributed by atoms with van der Waals surface area (Å²) in [4.78, 5) is 26.0. The van der Waals surface area contributed by atoms with E-state index in [1.54, 1.807) is 0 Å². The van der Waals surface area contributed by atoms with E-state index >= 15 is 0 Å². The van der Waals surface area contributed by atoms with E-state index in [1.807, 2.05) is 13.8 Å². The first kappa shape index (κ1) is 15.5. The molecule has 0 aromatic rings. The first-order valence-electron chi connectivity index (χ1n) is 8.26. The van der Waals surface area contributed by atoms with Gasteiger partial charge in [-0.05, 0) is 38.1 Å². The van der Waals surface area contributed by atoms with E-state index in [-0.39, 0.29) is 23.9 Å². The Balaban J connectivity index is 1.87. The van der Waals surface area contributed by atoms with Crippen molar-refractivity contribution < 1.29 is 9.59 Å². The van der Waals surface area contributed by atoms with Crippen LogP contribution in [-0.2, 0) is 9.59 Å². The molecule has 1 atom stereocenters. The lowest BCUT2D eigenvalue weighted by Gasteiger charge is -2.25. The molecule has 1 N–H and O–H groups in total. The van der Waals surface area contributed by atoms with Gasteiger partial charge in [-0.25, -0.2) is 0 Å². The Labute approximate surface area is 122 Å². The minimum absolute atomic E-state index is 0.000454. The third-order valence-corrected chi connectivity index (χ3v) is 4.87. The first-order chi connectivity index (χ1) is 9.67. The highest BCUT2D eigenvalue weighted by Gasteiger charge is 2.41. The Morgan fingerprint density at radius 3 is 2.40 bits per heavy atom. The summed E-state index contributed by atoms with van der Waals surface area (Å²) in [6, 6.07) is -0.193. The van der Waals surface area contributed by atoms with Gasteiger partial charge in [0.05, 0.1) is 12.5 Å². The third kappa shape index (κ3) is 3.40. The molecule has 2 rings (SSSR count). The Morgan fingerprint density at radius 1 is 1.15 bits per heavy atom.